The maximum absolute atomic E-state index is 12.5. The third-order valence-electron chi connectivity index (χ3n) is 10.4. The van der Waals surface area contributed by atoms with Crippen molar-refractivity contribution < 1.29 is 35.9 Å². The monoisotopic (exact) mass is 811 g/mol. The second-order valence-corrected chi connectivity index (χ2v) is 18.6. The molecule has 1 N–H and O–H groups in total. The summed E-state index contributed by atoms with van der Waals surface area (Å²) in [6, 6.07) is 17.3. The molecule has 0 saturated carbocycles. The molecule has 304 valence electrons. The van der Waals surface area contributed by atoms with Crippen LogP contribution in [0.3, 0.4) is 0 Å². The summed E-state index contributed by atoms with van der Waals surface area (Å²) in [5.74, 6) is 2.50. The fourth-order valence-electron chi connectivity index (χ4n) is 7.26. The van der Waals surface area contributed by atoms with E-state index >= 15 is 0 Å². The van der Waals surface area contributed by atoms with Gasteiger partial charge in [0.15, 0.2) is 0 Å². The lowest BCUT2D eigenvalue weighted by atomic mass is 10.0. The number of nitrogens with zero attached hydrogens (tertiary/aromatic N) is 6. The topological polar surface area (TPSA) is 162 Å². The van der Waals surface area contributed by atoms with E-state index in [0.717, 1.165) is 79.3 Å². The smallest absolute Gasteiger partial charge is 0.242 e. The standard InChI is InChI=1S/C22H28N4O4S.C17H25N3O4S/c1-31(28,29)25-11-8-18-15-20(7-6-19(18)16-25)30-14-4-10-24-12-13-26(22(27)17-24)21-5-2-3-9-23-21;1-25(22,23)20-8-5-14-11-16(4-3-15(14)12-20)24-10-2-7-19-9-6-18-17(21)13-19/h2-3,5-7,9,15H,4,8,10-14,16-17H2,1H3;3-4,11H,2,5-10,12-13H2,1H3,(H,18,21). The van der Waals surface area contributed by atoms with Gasteiger partial charge >= 0.3 is 0 Å². The molecule has 15 nitrogen and oxygen atoms in total. The predicted octanol–water partition coefficient (Wildman–Crippen LogP) is 1.72. The molecule has 7 rings (SSSR count). The number of nitrogens with one attached hydrogen (secondary N) is 1. The van der Waals surface area contributed by atoms with Crippen LogP contribution in [-0.2, 0) is 55.6 Å². The summed E-state index contributed by atoms with van der Waals surface area (Å²) in [6.07, 6.45) is 7.31. The van der Waals surface area contributed by atoms with Crippen LogP contribution in [0, 0.1) is 0 Å². The van der Waals surface area contributed by atoms with E-state index in [9.17, 15) is 26.4 Å². The highest BCUT2D eigenvalue weighted by Gasteiger charge is 2.27. The van der Waals surface area contributed by atoms with Crippen molar-refractivity contribution in [3.63, 3.8) is 0 Å². The molecule has 0 unspecified atom stereocenters. The van der Waals surface area contributed by atoms with Gasteiger partial charge in [-0.05, 0) is 84.3 Å². The highest BCUT2D eigenvalue weighted by Crippen LogP contribution is 2.26. The minimum Gasteiger partial charge on any atom is -0.494 e. The number of carbonyl (C=O) groups is 2. The lowest BCUT2D eigenvalue weighted by Gasteiger charge is -2.33. The molecule has 3 aromatic rings. The SMILES string of the molecule is CS(=O)(=O)N1CCc2cc(OCCCN3CCN(c4ccccn4)C(=O)C3)ccc2C1.CS(=O)(=O)N1CCc2cc(OCCCN3CCNC(=O)C3)ccc2C1. The summed E-state index contributed by atoms with van der Waals surface area (Å²) in [5.41, 5.74) is 4.38. The molecule has 2 saturated heterocycles. The van der Waals surface area contributed by atoms with Crippen molar-refractivity contribution in [3.05, 3.63) is 83.0 Å². The van der Waals surface area contributed by atoms with Crippen LogP contribution in [0.5, 0.6) is 11.5 Å². The molecule has 5 heterocycles. The maximum atomic E-state index is 12.5. The average Bonchev–Trinajstić information content (AvgIpc) is 3.17. The first kappa shape index (κ1) is 41.5. The molecule has 2 aromatic carbocycles. The first-order chi connectivity index (χ1) is 26.8. The van der Waals surface area contributed by atoms with E-state index in [0.29, 0.717) is 77.7 Å². The van der Waals surface area contributed by atoms with Crippen molar-refractivity contribution >= 4 is 37.7 Å². The number of fused-ring (bicyclic) bond motifs is 2. The minimum atomic E-state index is -3.16. The molecule has 1 aromatic heterocycles. The van der Waals surface area contributed by atoms with Gasteiger partial charge in [0.2, 0.25) is 31.9 Å². The highest BCUT2D eigenvalue weighted by atomic mass is 32.2. The molecular formula is C39H53N7O8S2. The summed E-state index contributed by atoms with van der Waals surface area (Å²) < 4.78 is 61.6. The van der Waals surface area contributed by atoms with E-state index in [2.05, 4.69) is 20.1 Å². The first-order valence-electron chi connectivity index (χ1n) is 19.1. The lowest BCUT2D eigenvalue weighted by Crippen LogP contribution is -2.51. The minimum absolute atomic E-state index is 0.0729. The van der Waals surface area contributed by atoms with Crippen molar-refractivity contribution in [1.29, 1.82) is 0 Å². The van der Waals surface area contributed by atoms with Gasteiger partial charge in [-0.15, -0.1) is 0 Å². The Morgan fingerprint density at radius 2 is 1.23 bits per heavy atom. The van der Waals surface area contributed by atoms with Crippen LogP contribution in [0.2, 0.25) is 0 Å². The second kappa shape index (κ2) is 18.9. The Kier molecular flexibility index (Phi) is 14.0. The molecule has 56 heavy (non-hydrogen) atoms. The van der Waals surface area contributed by atoms with E-state index in [-0.39, 0.29) is 11.8 Å². The number of piperazine rings is 2. The molecule has 2 amide bonds. The summed E-state index contributed by atoms with van der Waals surface area (Å²) in [6.45, 7) is 8.65. The number of carbonyl (C=O) groups excluding carboxylic acids is 2. The summed E-state index contributed by atoms with van der Waals surface area (Å²) in [7, 11) is -6.31. The molecule has 0 radical (unpaired) electrons. The number of rotatable bonds is 13. The van der Waals surface area contributed by atoms with Gasteiger partial charge in [-0.1, -0.05) is 18.2 Å². The van der Waals surface area contributed by atoms with Crippen LogP contribution in [0.15, 0.2) is 60.8 Å². The molecule has 17 heteroatoms. The fraction of sp³-hybridized carbons (Fsp3) is 0.513. The lowest BCUT2D eigenvalue weighted by molar-refractivity contribution is -0.124. The Hall–Kier alpha value is -4.13. The molecule has 0 atom stereocenters. The van der Waals surface area contributed by atoms with Crippen LogP contribution in [0.1, 0.15) is 35.1 Å². The van der Waals surface area contributed by atoms with Crippen LogP contribution < -0.4 is 19.7 Å². The highest BCUT2D eigenvalue weighted by molar-refractivity contribution is 7.88. The van der Waals surface area contributed by atoms with Crippen LogP contribution in [0.4, 0.5) is 5.82 Å². The van der Waals surface area contributed by atoms with Crippen molar-refractivity contribution in [2.45, 2.75) is 38.8 Å². The summed E-state index contributed by atoms with van der Waals surface area (Å²) in [5, 5.41) is 2.82. The molecule has 2 fully saturated rings. The number of ether oxygens (including phenoxy) is 2. The number of sulfonamides is 2. The van der Waals surface area contributed by atoms with Gasteiger partial charge in [-0.3, -0.25) is 24.3 Å². The van der Waals surface area contributed by atoms with Crippen molar-refractivity contribution in [1.82, 2.24) is 28.7 Å². The number of hydrogen-bond acceptors (Lipinski definition) is 11. The Morgan fingerprint density at radius 1 is 0.661 bits per heavy atom. The Bertz CT molecular complexity index is 2050. The summed E-state index contributed by atoms with van der Waals surface area (Å²) in [4.78, 5) is 34.1. The molecule has 0 aliphatic carbocycles. The van der Waals surface area contributed by atoms with E-state index in [1.54, 1.807) is 11.1 Å². The predicted molar refractivity (Wildman–Crippen MR) is 214 cm³/mol. The Morgan fingerprint density at radius 3 is 1.73 bits per heavy atom. The van der Waals surface area contributed by atoms with E-state index in [1.165, 1.54) is 21.1 Å². The van der Waals surface area contributed by atoms with E-state index < -0.39 is 20.0 Å². The molecule has 0 bridgehead atoms. The van der Waals surface area contributed by atoms with Crippen LogP contribution >= 0.6 is 0 Å². The van der Waals surface area contributed by atoms with Gasteiger partial charge in [0.1, 0.15) is 17.3 Å². The van der Waals surface area contributed by atoms with Crippen LogP contribution in [0.25, 0.3) is 0 Å². The van der Waals surface area contributed by atoms with Gasteiger partial charge in [0.25, 0.3) is 0 Å². The normalized spacial score (nSPS) is 18.6. The largest absolute Gasteiger partial charge is 0.494 e. The molecule has 4 aliphatic rings. The average molecular weight is 812 g/mol. The van der Waals surface area contributed by atoms with Gasteiger partial charge in [0, 0.05) is 71.6 Å². The molecule has 4 aliphatic heterocycles. The van der Waals surface area contributed by atoms with E-state index in [4.69, 9.17) is 9.47 Å². The van der Waals surface area contributed by atoms with Crippen molar-refractivity contribution in [3.8, 4) is 11.5 Å². The second-order valence-electron chi connectivity index (χ2n) is 14.6. The molecule has 0 spiro atoms. The Balaban J connectivity index is 0.000000194. The number of pyridine rings is 1. The number of hydrogen-bond donors (Lipinski definition) is 1. The van der Waals surface area contributed by atoms with Gasteiger partial charge < -0.3 is 14.8 Å². The van der Waals surface area contributed by atoms with E-state index in [1.807, 2.05) is 54.6 Å². The number of aromatic nitrogens is 1. The van der Waals surface area contributed by atoms with Gasteiger partial charge in [-0.2, -0.15) is 8.61 Å². The zero-order valence-corrected chi connectivity index (χ0v) is 33.9. The first-order valence-corrected chi connectivity index (χ1v) is 22.8. The summed E-state index contributed by atoms with van der Waals surface area (Å²) >= 11 is 0. The third-order valence-corrected chi connectivity index (χ3v) is 12.9. The van der Waals surface area contributed by atoms with Crippen molar-refractivity contribution in [2.75, 3.05) is 96.1 Å². The van der Waals surface area contributed by atoms with Gasteiger partial charge in [0.05, 0.1) is 38.8 Å². The zero-order valence-electron chi connectivity index (χ0n) is 32.3. The quantitative estimate of drug-likeness (QED) is 0.251. The Labute approximate surface area is 330 Å². The maximum Gasteiger partial charge on any atom is 0.242 e. The third kappa shape index (κ3) is 11.7. The number of amides is 2. The van der Waals surface area contributed by atoms with Crippen molar-refractivity contribution in [2.24, 2.45) is 0 Å². The van der Waals surface area contributed by atoms with Gasteiger partial charge in [-0.25, -0.2) is 21.8 Å². The van der Waals surface area contributed by atoms with Crippen LogP contribution in [-0.4, -0.2) is 143 Å². The molecular weight excluding hydrogens is 759 g/mol. The fourth-order valence-corrected chi connectivity index (χ4v) is 8.85. The number of anilines is 1. The zero-order chi connectivity index (χ0) is 39.7. The number of benzene rings is 2.